The first-order chi connectivity index (χ1) is 9.29. The number of hydrogen-bond acceptors (Lipinski definition) is 5. The highest BCUT2D eigenvalue weighted by molar-refractivity contribution is 5.91. The van der Waals surface area contributed by atoms with Crippen LogP contribution in [0.15, 0.2) is 12.1 Å². The number of hydrogen-bond donors (Lipinski definition) is 3. The molecule has 1 aromatic rings. The number of alkyl halides is 1. The summed E-state index contributed by atoms with van der Waals surface area (Å²) in [6.07, 6.45) is -2.19. The minimum Gasteiger partial charge on any atom is -0.507 e. The molecule has 0 saturated heterocycles. The Kier molecular flexibility index (Phi) is 5.04. The third-order valence-corrected chi connectivity index (χ3v) is 2.70. The zero-order valence-electron chi connectivity index (χ0n) is 11.1. The number of ether oxygens (including phenoxy) is 1. The van der Waals surface area contributed by atoms with Crippen molar-refractivity contribution >= 4 is 11.9 Å². The Morgan fingerprint density at radius 1 is 1.45 bits per heavy atom. The van der Waals surface area contributed by atoms with Gasteiger partial charge in [0, 0.05) is 5.56 Å². The molecule has 0 fully saturated rings. The normalized spacial score (nSPS) is 13.6. The number of aryl methyl sites for hydroxylation is 1. The van der Waals surface area contributed by atoms with Crippen LogP contribution in [0.3, 0.4) is 0 Å². The van der Waals surface area contributed by atoms with Crippen LogP contribution >= 0.6 is 0 Å². The molecule has 0 heterocycles. The van der Waals surface area contributed by atoms with Crippen molar-refractivity contribution in [2.45, 2.75) is 26.1 Å². The standard InChI is InChI=1S/C13H16FNO5/c1-3-20-13(19)9(14)10(15)7-4-6(2)5-8(11(7)16)12(17)18/h4-5,9-10,16H,3,15H2,1-2H3,(H,17,18)/t9?,10-/m1/s1. The highest BCUT2D eigenvalue weighted by Crippen LogP contribution is 2.31. The summed E-state index contributed by atoms with van der Waals surface area (Å²) in [6.45, 7) is 3.08. The minimum absolute atomic E-state index is 0.00779. The first kappa shape index (κ1) is 15.9. The van der Waals surface area contributed by atoms with E-state index in [-0.39, 0.29) is 12.2 Å². The summed E-state index contributed by atoms with van der Waals surface area (Å²) in [6, 6.07) is 1.05. The maximum Gasteiger partial charge on any atom is 0.342 e. The van der Waals surface area contributed by atoms with Gasteiger partial charge in [0.15, 0.2) is 0 Å². The highest BCUT2D eigenvalue weighted by Gasteiger charge is 2.31. The molecule has 1 rings (SSSR count). The number of halogens is 1. The lowest BCUT2D eigenvalue weighted by Gasteiger charge is -2.18. The molecule has 2 atom stereocenters. The first-order valence-electron chi connectivity index (χ1n) is 5.92. The highest BCUT2D eigenvalue weighted by atomic mass is 19.1. The van der Waals surface area contributed by atoms with Crippen molar-refractivity contribution in [3.63, 3.8) is 0 Å². The second kappa shape index (κ2) is 6.33. The number of carboxylic acid groups (broad SMARTS) is 1. The van der Waals surface area contributed by atoms with Gasteiger partial charge in [0.25, 0.3) is 0 Å². The third-order valence-electron chi connectivity index (χ3n) is 2.70. The van der Waals surface area contributed by atoms with Crippen LogP contribution in [0.1, 0.15) is 34.5 Å². The average Bonchev–Trinajstić information content (AvgIpc) is 2.39. The van der Waals surface area contributed by atoms with E-state index in [0.717, 1.165) is 0 Å². The van der Waals surface area contributed by atoms with Crippen LogP contribution in [-0.2, 0) is 9.53 Å². The van der Waals surface area contributed by atoms with Crippen LogP contribution in [0.25, 0.3) is 0 Å². The molecular formula is C13H16FNO5. The van der Waals surface area contributed by atoms with Gasteiger partial charge in [-0.2, -0.15) is 0 Å². The van der Waals surface area contributed by atoms with E-state index in [2.05, 4.69) is 4.74 Å². The number of carbonyl (C=O) groups is 2. The molecule has 0 aliphatic rings. The Morgan fingerprint density at radius 2 is 2.05 bits per heavy atom. The van der Waals surface area contributed by atoms with Crippen molar-refractivity contribution in [2.24, 2.45) is 5.73 Å². The maximum absolute atomic E-state index is 13.8. The van der Waals surface area contributed by atoms with E-state index in [1.54, 1.807) is 6.92 Å². The van der Waals surface area contributed by atoms with Gasteiger partial charge in [0.1, 0.15) is 11.3 Å². The molecule has 0 spiro atoms. The summed E-state index contributed by atoms with van der Waals surface area (Å²) in [5.74, 6) is -3.17. The maximum atomic E-state index is 13.8. The van der Waals surface area contributed by atoms with E-state index in [9.17, 15) is 19.1 Å². The SMILES string of the molecule is CCOC(=O)C(F)[C@H](N)c1cc(C)cc(C(=O)O)c1O. The molecule has 110 valence electrons. The molecule has 0 saturated carbocycles. The predicted octanol–water partition coefficient (Wildman–Crippen LogP) is 1.30. The minimum atomic E-state index is -2.19. The number of aromatic carboxylic acids is 1. The summed E-state index contributed by atoms with van der Waals surface area (Å²) >= 11 is 0. The van der Waals surface area contributed by atoms with Gasteiger partial charge in [-0.15, -0.1) is 0 Å². The van der Waals surface area contributed by atoms with Gasteiger partial charge in [-0.25, -0.2) is 14.0 Å². The topological polar surface area (TPSA) is 110 Å². The molecule has 4 N–H and O–H groups in total. The van der Waals surface area contributed by atoms with Crippen molar-refractivity contribution in [3.8, 4) is 5.75 Å². The van der Waals surface area contributed by atoms with E-state index in [4.69, 9.17) is 10.8 Å². The number of nitrogens with two attached hydrogens (primary N) is 1. The largest absolute Gasteiger partial charge is 0.507 e. The number of benzene rings is 1. The van der Waals surface area contributed by atoms with E-state index in [0.29, 0.717) is 5.56 Å². The van der Waals surface area contributed by atoms with Crippen molar-refractivity contribution in [2.75, 3.05) is 6.61 Å². The molecule has 0 amide bonds. The van der Waals surface area contributed by atoms with E-state index >= 15 is 0 Å². The van der Waals surface area contributed by atoms with Gasteiger partial charge in [-0.1, -0.05) is 6.07 Å². The Labute approximate surface area is 115 Å². The summed E-state index contributed by atoms with van der Waals surface area (Å²) in [5.41, 5.74) is 5.51. The lowest BCUT2D eigenvalue weighted by atomic mass is 9.96. The van der Waals surface area contributed by atoms with Crippen LogP contribution in [0, 0.1) is 6.92 Å². The summed E-state index contributed by atoms with van der Waals surface area (Å²) in [4.78, 5) is 22.3. The monoisotopic (exact) mass is 285 g/mol. The fraction of sp³-hybridized carbons (Fsp3) is 0.385. The van der Waals surface area contributed by atoms with Crippen molar-refractivity contribution in [1.29, 1.82) is 0 Å². The molecule has 0 aliphatic heterocycles. The molecule has 0 bridgehead atoms. The van der Waals surface area contributed by atoms with Gasteiger partial charge >= 0.3 is 11.9 Å². The third kappa shape index (κ3) is 3.24. The van der Waals surface area contributed by atoms with Crippen LogP contribution in [0.2, 0.25) is 0 Å². The van der Waals surface area contributed by atoms with Crippen LogP contribution < -0.4 is 5.73 Å². The molecule has 0 radical (unpaired) electrons. The molecule has 1 unspecified atom stereocenters. The second-order valence-electron chi connectivity index (χ2n) is 4.24. The molecule has 6 nitrogen and oxygen atoms in total. The molecular weight excluding hydrogens is 269 g/mol. The lowest BCUT2D eigenvalue weighted by Crippen LogP contribution is -2.31. The zero-order chi connectivity index (χ0) is 15.4. The Balaban J connectivity index is 3.19. The lowest BCUT2D eigenvalue weighted by molar-refractivity contribution is -0.149. The van der Waals surface area contributed by atoms with Crippen LogP contribution in [0.4, 0.5) is 4.39 Å². The fourth-order valence-corrected chi connectivity index (χ4v) is 1.75. The predicted molar refractivity (Wildman–Crippen MR) is 68.3 cm³/mol. The Morgan fingerprint density at radius 3 is 2.55 bits per heavy atom. The van der Waals surface area contributed by atoms with Gasteiger partial charge in [-0.3, -0.25) is 0 Å². The van der Waals surface area contributed by atoms with Gasteiger partial charge in [0.05, 0.1) is 12.6 Å². The number of phenols is 1. The van der Waals surface area contributed by atoms with Crippen LogP contribution in [-0.4, -0.2) is 34.9 Å². The summed E-state index contributed by atoms with van der Waals surface area (Å²) in [7, 11) is 0. The zero-order valence-corrected chi connectivity index (χ0v) is 11.1. The summed E-state index contributed by atoms with van der Waals surface area (Å²) in [5, 5.41) is 18.8. The second-order valence-corrected chi connectivity index (χ2v) is 4.24. The number of carboxylic acids is 1. The van der Waals surface area contributed by atoms with E-state index in [1.165, 1.54) is 19.1 Å². The van der Waals surface area contributed by atoms with Crippen LogP contribution in [0.5, 0.6) is 5.75 Å². The quantitative estimate of drug-likeness (QED) is 0.703. The van der Waals surface area contributed by atoms with E-state index < -0.39 is 35.5 Å². The number of esters is 1. The smallest absolute Gasteiger partial charge is 0.342 e. The average molecular weight is 285 g/mol. The van der Waals surface area contributed by atoms with Gasteiger partial charge in [0.2, 0.25) is 6.17 Å². The van der Waals surface area contributed by atoms with Gasteiger partial charge in [-0.05, 0) is 25.5 Å². The van der Waals surface area contributed by atoms with E-state index in [1.807, 2.05) is 0 Å². The Hall–Kier alpha value is -2.15. The first-order valence-corrected chi connectivity index (χ1v) is 5.92. The fourth-order valence-electron chi connectivity index (χ4n) is 1.75. The van der Waals surface area contributed by atoms with Gasteiger partial charge < -0.3 is 20.7 Å². The molecule has 0 aromatic heterocycles. The molecule has 20 heavy (non-hydrogen) atoms. The number of aromatic hydroxyl groups is 1. The number of carbonyl (C=O) groups excluding carboxylic acids is 1. The van der Waals surface area contributed by atoms with Crippen molar-refractivity contribution in [1.82, 2.24) is 0 Å². The summed E-state index contributed by atoms with van der Waals surface area (Å²) < 4.78 is 18.4. The van der Waals surface area contributed by atoms with Crippen molar-refractivity contribution < 1.29 is 28.9 Å². The van der Waals surface area contributed by atoms with Crippen molar-refractivity contribution in [3.05, 3.63) is 28.8 Å². The molecule has 7 heteroatoms. The number of rotatable bonds is 5. The molecule has 1 aromatic carbocycles. The Bertz CT molecular complexity index is 532. The molecule has 0 aliphatic carbocycles.